The molecule has 1 aromatic carbocycles. The van der Waals surface area contributed by atoms with Gasteiger partial charge in [-0.05, 0) is 30.7 Å². The smallest absolute Gasteiger partial charge is 0.338 e. The first kappa shape index (κ1) is 13.9. The standard InChI is InChI=1S/C17H20N2O2/c1-4-17(2)10-19(11-17)12-5-6-15-14(9-12)13(7-8-18-15)16(20)21-3/h5-9H,4,10-11H2,1-3H3. The van der Waals surface area contributed by atoms with Gasteiger partial charge in [0, 0.05) is 35.8 Å². The Balaban J connectivity index is 1.98. The van der Waals surface area contributed by atoms with E-state index in [1.807, 2.05) is 12.1 Å². The van der Waals surface area contributed by atoms with Crippen molar-refractivity contribution < 1.29 is 9.53 Å². The molecule has 1 aliphatic heterocycles. The Kier molecular flexibility index (Phi) is 3.32. The highest BCUT2D eigenvalue weighted by molar-refractivity contribution is 6.04. The first-order chi connectivity index (χ1) is 10.1. The summed E-state index contributed by atoms with van der Waals surface area (Å²) in [7, 11) is 1.40. The van der Waals surface area contributed by atoms with Crippen LogP contribution in [0.4, 0.5) is 5.69 Å². The van der Waals surface area contributed by atoms with Gasteiger partial charge in [0.1, 0.15) is 0 Å². The lowest BCUT2D eigenvalue weighted by atomic mass is 9.79. The fraction of sp³-hybridized carbons (Fsp3) is 0.412. The molecule has 0 unspecified atom stereocenters. The van der Waals surface area contributed by atoms with Gasteiger partial charge in [0.05, 0.1) is 18.2 Å². The number of anilines is 1. The summed E-state index contributed by atoms with van der Waals surface area (Å²) >= 11 is 0. The summed E-state index contributed by atoms with van der Waals surface area (Å²) in [5, 5.41) is 0.854. The number of hydrogen-bond donors (Lipinski definition) is 0. The second-order valence-corrected chi connectivity index (χ2v) is 6.07. The van der Waals surface area contributed by atoms with Crippen LogP contribution in [0.15, 0.2) is 30.5 Å². The molecule has 21 heavy (non-hydrogen) atoms. The number of nitrogens with zero attached hydrogens (tertiary/aromatic N) is 2. The van der Waals surface area contributed by atoms with E-state index in [0.717, 1.165) is 29.7 Å². The van der Waals surface area contributed by atoms with E-state index < -0.39 is 0 Å². The largest absolute Gasteiger partial charge is 0.465 e. The van der Waals surface area contributed by atoms with Gasteiger partial charge < -0.3 is 9.64 Å². The van der Waals surface area contributed by atoms with Gasteiger partial charge in [-0.15, -0.1) is 0 Å². The van der Waals surface area contributed by atoms with Crippen molar-refractivity contribution in [3.63, 3.8) is 0 Å². The molecular formula is C17H20N2O2. The molecule has 3 rings (SSSR count). The van der Waals surface area contributed by atoms with Crippen molar-refractivity contribution in [2.24, 2.45) is 5.41 Å². The molecule has 2 heterocycles. The second-order valence-electron chi connectivity index (χ2n) is 6.07. The van der Waals surface area contributed by atoms with E-state index in [9.17, 15) is 4.79 Å². The fourth-order valence-electron chi connectivity index (χ4n) is 2.90. The molecule has 0 bridgehead atoms. The Morgan fingerprint density at radius 3 is 2.81 bits per heavy atom. The lowest BCUT2D eigenvalue weighted by molar-refractivity contribution is 0.0603. The van der Waals surface area contributed by atoms with Crippen LogP contribution in [0.25, 0.3) is 10.9 Å². The number of rotatable bonds is 3. The summed E-state index contributed by atoms with van der Waals surface area (Å²) in [5.41, 5.74) is 2.95. The Hall–Kier alpha value is -2.10. The van der Waals surface area contributed by atoms with Crippen molar-refractivity contribution >= 4 is 22.6 Å². The van der Waals surface area contributed by atoms with Crippen LogP contribution in [0.3, 0.4) is 0 Å². The molecule has 110 valence electrons. The van der Waals surface area contributed by atoms with E-state index in [1.54, 1.807) is 12.3 Å². The monoisotopic (exact) mass is 284 g/mol. The molecule has 0 radical (unpaired) electrons. The van der Waals surface area contributed by atoms with Crippen LogP contribution in [-0.2, 0) is 4.74 Å². The van der Waals surface area contributed by atoms with Crippen LogP contribution in [0.1, 0.15) is 30.6 Å². The Morgan fingerprint density at radius 1 is 1.38 bits per heavy atom. The average molecular weight is 284 g/mol. The Bertz CT molecular complexity index is 690. The molecule has 0 aliphatic carbocycles. The lowest BCUT2D eigenvalue weighted by Gasteiger charge is -2.49. The van der Waals surface area contributed by atoms with Gasteiger partial charge >= 0.3 is 5.97 Å². The third kappa shape index (κ3) is 2.35. The van der Waals surface area contributed by atoms with Gasteiger partial charge in [-0.1, -0.05) is 13.8 Å². The van der Waals surface area contributed by atoms with Crippen molar-refractivity contribution in [1.29, 1.82) is 0 Å². The maximum Gasteiger partial charge on any atom is 0.338 e. The number of pyridine rings is 1. The molecular weight excluding hydrogens is 264 g/mol. The lowest BCUT2D eigenvalue weighted by Crippen LogP contribution is -2.54. The average Bonchev–Trinajstić information content (AvgIpc) is 2.50. The highest BCUT2D eigenvalue weighted by Gasteiger charge is 2.37. The number of esters is 1. The maximum atomic E-state index is 11.9. The maximum absolute atomic E-state index is 11.9. The number of hydrogen-bond acceptors (Lipinski definition) is 4. The SMILES string of the molecule is CCC1(C)CN(c2ccc3nccc(C(=O)OC)c3c2)C1. The van der Waals surface area contributed by atoms with Crippen LogP contribution in [0.2, 0.25) is 0 Å². The molecule has 0 amide bonds. The van der Waals surface area contributed by atoms with Crippen molar-refractivity contribution in [3.8, 4) is 0 Å². The van der Waals surface area contributed by atoms with E-state index in [1.165, 1.54) is 13.5 Å². The minimum atomic E-state index is -0.318. The zero-order valence-corrected chi connectivity index (χ0v) is 12.7. The van der Waals surface area contributed by atoms with E-state index >= 15 is 0 Å². The molecule has 2 aromatic rings. The highest BCUT2D eigenvalue weighted by atomic mass is 16.5. The van der Waals surface area contributed by atoms with E-state index in [4.69, 9.17) is 4.74 Å². The normalized spacial score (nSPS) is 16.6. The summed E-state index contributed by atoms with van der Waals surface area (Å²) in [6, 6.07) is 7.80. The van der Waals surface area contributed by atoms with Gasteiger partial charge in [0.25, 0.3) is 0 Å². The zero-order chi connectivity index (χ0) is 15.0. The molecule has 1 saturated heterocycles. The van der Waals surface area contributed by atoms with E-state index in [0.29, 0.717) is 11.0 Å². The van der Waals surface area contributed by atoms with Gasteiger partial charge in [0.2, 0.25) is 0 Å². The first-order valence-corrected chi connectivity index (χ1v) is 7.28. The van der Waals surface area contributed by atoms with Gasteiger partial charge in [-0.2, -0.15) is 0 Å². The second kappa shape index (κ2) is 5.02. The number of carbonyl (C=O) groups excluding carboxylic acids is 1. The number of fused-ring (bicyclic) bond motifs is 1. The number of aromatic nitrogens is 1. The van der Waals surface area contributed by atoms with Gasteiger partial charge in [-0.25, -0.2) is 4.79 Å². The number of carbonyl (C=O) groups is 1. The first-order valence-electron chi connectivity index (χ1n) is 7.28. The molecule has 0 atom stereocenters. The topological polar surface area (TPSA) is 42.4 Å². The quantitative estimate of drug-likeness (QED) is 0.811. The number of methoxy groups -OCH3 is 1. The van der Waals surface area contributed by atoms with Crippen molar-refractivity contribution in [2.45, 2.75) is 20.3 Å². The van der Waals surface area contributed by atoms with Crippen LogP contribution < -0.4 is 4.90 Å². The van der Waals surface area contributed by atoms with Crippen molar-refractivity contribution in [1.82, 2.24) is 4.98 Å². The minimum absolute atomic E-state index is 0.318. The van der Waals surface area contributed by atoms with Gasteiger partial charge in [-0.3, -0.25) is 4.98 Å². The van der Waals surface area contributed by atoms with Crippen molar-refractivity contribution in [3.05, 3.63) is 36.0 Å². The van der Waals surface area contributed by atoms with Gasteiger partial charge in [0.15, 0.2) is 0 Å². The minimum Gasteiger partial charge on any atom is -0.465 e. The summed E-state index contributed by atoms with van der Waals surface area (Å²) in [4.78, 5) is 18.5. The summed E-state index contributed by atoms with van der Waals surface area (Å²) in [6.07, 6.45) is 2.83. The van der Waals surface area contributed by atoms with Crippen LogP contribution in [-0.4, -0.2) is 31.2 Å². The molecule has 1 aromatic heterocycles. The fourth-order valence-corrected chi connectivity index (χ4v) is 2.90. The van der Waals surface area contributed by atoms with Crippen LogP contribution in [0.5, 0.6) is 0 Å². The summed E-state index contributed by atoms with van der Waals surface area (Å²) in [6.45, 7) is 6.66. The van der Waals surface area contributed by atoms with Crippen LogP contribution >= 0.6 is 0 Å². The zero-order valence-electron chi connectivity index (χ0n) is 12.7. The molecule has 1 aliphatic rings. The third-order valence-electron chi connectivity index (χ3n) is 4.49. The van der Waals surface area contributed by atoms with Crippen molar-refractivity contribution in [2.75, 3.05) is 25.1 Å². The Labute approximate surface area is 124 Å². The third-order valence-corrected chi connectivity index (χ3v) is 4.49. The van der Waals surface area contributed by atoms with E-state index in [-0.39, 0.29) is 5.97 Å². The molecule has 1 fully saturated rings. The molecule has 4 nitrogen and oxygen atoms in total. The molecule has 0 N–H and O–H groups in total. The predicted octanol–water partition coefficient (Wildman–Crippen LogP) is 3.26. The summed E-state index contributed by atoms with van der Waals surface area (Å²) in [5.74, 6) is -0.318. The number of ether oxygens (including phenoxy) is 1. The number of benzene rings is 1. The van der Waals surface area contributed by atoms with E-state index in [2.05, 4.69) is 29.8 Å². The molecule has 4 heteroatoms. The van der Waals surface area contributed by atoms with Crippen LogP contribution in [0, 0.1) is 5.41 Å². The summed E-state index contributed by atoms with van der Waals surface area (Å²) < 4.78 is 4.86. The molecule has 0 spiro atoms. The highest BCUT2D eigenvalue weighted by Crippen LogP contribution is 2.37. The predicted molar refractivity (Wildman–Crippen MR) is 83.7 cm³/mol. The Morgan fingerprint density at radius 2 is 2.14 bits per heavy atom. The molecule has 0 saturated carbocycles.